The van der Waals surface area contributed by atoms with Crippen molar-refractivity contribution in [2.75, 3.05) is 13.1 Å². The van der Waals surface area contributed by atoms with Crippen LogP contribution in [0.5, 0.6) is 0 Å². The van der Waals surface area contributed by atoms with E-state index in [1.54, 1.807) is 6.92 Å². The molecule has 0 aliphatic heterocycles. The topological polar surface area (TPSA) is 72.3 Å². The van der Waals surface area contributed by atoms with Crippen LogP contribution in [0.1, 0.15) is 34.6 Å². The maximum atomic E-state index is 9.17. The van der Waals surface area contributed by atoms with Gasteiger partial charge in [0.15, 0.2) is 0 Å². The van der Waals surface area contributed by atoms with Gasteiger partial charge in [0.2, 0.25) is 0 Å². The molecule has 0 heterocycles. The van der Waals surface area contributed by atoms with E-state index in [9.17, 15) is 5.26 Å². The summed E-state index contributed by atoms with van der Waals surface area (Å²) in [6, 6.07) is 4.39. The summed E-state index contributed by atoms with van der Waals surface area (Å²) in [6.07, 6.45) is 0. The number of nitriles is 2. The molecule has 0 radical (unpaired) electrons. The van der Waals surface area contributed by atoms with Crippen molar-refractivity contribution in [2.24, 2.45) is 27.0 Å². The minimum atomic E-state index is -0.521. The SMILES string of the molecule is CC(C#N)CN=NCC(C)(C#N)C(C)(C)C. The van der Waals surface area contributed by atoms with Crippen LogP contribution < -0.4 is 0 Å². The molecule has 16 heavy (non-hydrogen) atoms. The molecule has 0 aromatic rings. The standard InChI is InChI=1S/C12H20N4/c1-10(6-13)7-15-16-9-12(5,8-14)11(2,3)4/h10H,7,9H2,1-5H3. The Morgan fingerprint density at radius 3 is 2.06 bits per heavy atom. The molecule has 0 aliphatic rings. The minimum absolute atomic E-state index is 0.119. The normalized spacial score (nSPS) is 17.4. The number of hydrogen-bond donors (Lipinski definition) is 0. The van der Waals surface area contributed by atoms with Crippen molar-refractivity contribution in [1.29, 1.82) is 10.5 Å². The van der Waals surface area contributed by atoms with Gasteiger partial charge in [-0.1, -0.05) is 20.8 Å². The summed E-state index contributed by atoms with van der Waals surface area (Å²) < 4.78 is 0. The Labute approximate surface area is 98.0 Å². The summed E-state index contributed by atoms with van der Waals surface area (Å²) in [4.78, 5) is 0. The quantitative estimate of drug-likeness (QED) is 0.682. The van der Waals surface area contributed by atoms with E-state index in [4.69, 9.17) is 5.26 Å². The van der Waals surface area contributed by atoms with Crippen molar-refractivity contribution in [1.82, 2.24) is 0 Å². The molecule has 0 aromatic heterocycles. The molecule has 4 heteroatoms. The third kappa shape index (κ3) is 3.98. The van der Waals surface area contributed by atoms with E-state index in [0.717, 1.165) is 0 Å². The van der Waals surface area contributed by atoms with Gasteiger partial charge in [-0.2, -0.15) is 20.8 Å². The fraction of sp³-hybridized carbons (Fsp3) is 0.833. The van der Waals surface area contributed by atoms with Crippen molar-refractivity contribution in [3.05, 3.63) is 0 Å². The van der Waals surface area contributed by atoms with Crippen LogP contribution >= 0.6 is 0 Å². The lowest BCUT2D eigenvalue weighted by Crippen LogP contribution is -2.34. The predicted molar refractivity (Wildman–Crippen MR) is 62.5 cm³/mol. The van der Waals surface area contributed by atoms with Crippen molar-refractivity contribution in [2.45, 2.75) is 34.6 Å². The highest BCUT2D eigenvalue weighted by Gasteiger charge is 2.37. The number of hydrogen-bond acceptors (Lipinski definition) is 4. The zero-order chi connectivity index (χ0) is 12.8. The van der Waals surface area contributed by atoms with Crippen molar-refractivity contribution in [3.8, 4) is 12.1 Å². The largest absolute Gasteiger partial charge is 0.198 e. The average molecular weight is 220 g/mol. The molecule has 0 spiro atoms. The van der Waals surface area contributed by atoms with E-state index < -0.39 is 5.41 Å². The van der Waals surface area contributed by atoms with Crippen LogP contribution in [0.25, 0.3) is 0 Å². The lowest BCUT2D eigenvalue weighted by molar-refractivity contribution is 0.185. The van der Waals surface area contributed by atoms with Gasteiger partial charge in [0, 0.05) is 0 Å². The van der Waals surface area contributed by atoms with Gasteiger partial charge in [-0.05, 0) is 19.3 Å². The summed E-state index contributed by atoms with van der Waals surface area (Å²) in [6.45, 7) is 10.5. The van der Waals surface area contributed by atoms with Gasteiger partial charge in [-0.3, -0.25) is 0 Å². The Kier molecular flexibility index (Phi) is 5.11. The lowest BCUT2D eigenvalue weighted by atomic mass is 9.69. The van der Waals surface area contributed by atoms with E-state index in [-0.39, 0.29) is 11.3 Å². The Morgan fingerprint density at radius 2 is 1.69 bits per heavy atom. The second kappa shape index (κ2) is 5.61. The van der Waals surface area contributed by atoms with Gasteiger partial charge < -0.3 is 0 Å². The summed E-state index contributed by atoms with van der Waals surface area (Å²) in [5.74, 6) is -0.119. The Bertz CT molecular complexity index is 326. The molecule has 0 saturated carbocycles. The van der Waals surface area contributed by atoms with Gasteiger partial charge in [0.1, 0.15) is 0 Å². The molecular formula is C12H20N4. The van der Waals surface area contributed by atoms with Crippen molar-refractivity contribution in [3.63, 3.8) is 0 Å². The molecule has 2 unspecified atom stereocenters. The zero-order valence-corrected chi connectivity index (χ0v) is 10.8. The maximum absolute atomic E-state index is 9.17. The second-order valence-electron chi connectivity index (χ2n) is 5.35. The van der Waals surface area contributed by atoms with E-state index in [1.165, 1.54) is 0 Å². The molecule has 0 rings (SSSR count). The highest BCUT2D eigenvalue weighted by molar-refractivity contribution is 5.04. The van der Waals surface area contributed by atoms with E-state index in [2.05, 4.69) is 22.4 Å². The molecule has 2 atom stereocenters. The molecule has 0 amide bonds. The highest BCUT2D eigenvalue weighted by Crippen LogP contribution is 2.37. The van der Waals surface area contributed by atoms with Crippen molar-refractivity contribution >= 4 is 0 Å². The van der Waals surface area contributed by atoms with Gasteiger partial charge in [0.05, 0.1) is 36.6 Å². The van der Waals surface area contributed by atoms with Gasteiger partial charge in [-0.25, -0.2) is 0 Å². The first kappa shape index (κ1) is 14.6. The molecule has 0 aromatic carbocycles. The molecule has 0 fully saturated rings. The Balaban J connectivity index is 4.40. The number of azo groups is 1. The fourth-order valence-corrected chi connectivity index (χ4v) is 0.853. The first-order valence-electron chi connectivity index (χ1n) is 5.41. The fourth-order valence-electron chi connectivity index (χ4n) is 0.853. The monoisotopic (exact) mass is 220 g/mol. The minimum Gasteiger partial charge on any atom is -0.198 e. The van der Waals surface area contributed by atoms with E-state index >= 15 is 0 Å². The number of nitrogens with zero attached hydrogens (tertiary/aromatic N) is 4. The second-order valence-corrected chi connectivity index (χ2v) is 5.35. The van der Waals surface area contributed by atoms with Crippen LogP contribution in [0.2, 0.25) is 0 Å². The van der Waals surface area contributed by atoms with Crippen LogP contribution in [-0.4, -0.2) is 13.1 Å². The summed E-state index contributed by atoms with van der Waals surface area (Å²) in [5, 5.41) is 25.7. The molecule has 0 saturated heterocycles. The summed E-state index contributed by atoms with van der Waals surface area (Å²) in [7, 11) is 0. The highest BCUT2D eigenvalue weighted by atomic mass is 15.1. The lowest BCUT2D eigenvalue weighted by Gasteiger charge is -2.33. The molecule has 0 bridgehead atoms. The zero-order valence-electron chi connectivity index (χ0n) is 10.8. The number of rotatable bonds is 4. The van der Waals surface area contributed by atoms with Crippen LogP contribution in [-0.2, 0) is 0 Å². The molecular weight excluding hydrogens is 200 g/mol. The molecule has 88 valence electrons. The third-order valence-corrected chi connectivity index (χ3v) is 2.96. The van der Waals surface area contributed by atoms with Gasteiger partial charge in [-0.15, -0.1) is 0 Å². The molecule has 4 nitrogen and oxygen atoms in total. The van der Waals surface area contributed by atoms with Crippen LogP contribution in [0.15, 0.2) is 10.2 Å². The van der Waals surface area contributed by atoms with Gasteiger partial charge >= 0.3 is 0 Å². The molecule has 0 aliphatic carbocycles. The smallest absolute Gasteiger partial charge is 0.0806 e. The van der Waals surface area contributed by atoms with E-state index in [1.807, 2.05) is 27.7 Å². The third-order valence-electron chi connectivity index (χ3n) is 2.96. The molecule has 0 N–H and O–H groups in total. The van der Waals surface area contributed by atoms with E-state index in [0.29, 0.717) is 13.1 Å². The summed E-state index contributed by atoms with van der Waals surface area (Å²) >= 11 is 0. The first-order valence-corrected chi connectivity index (χ1v) is 5.41. The average Bonchev–Trinajstić information content (AvgIpc) is 2.21. The Hall–Kier alpha value is -1.42. The van der Waals surface area contributed by atoms with Crippen LogP contribution in [0.3, 0.4) is 0 Å². The van der Waals surface area contributed by atoms with Gasteiger partial charge in [0.25, 0.3) is 0 Å². The van der Waals surface area contributed by atoms with Crippen LogP contribution in [0, 0.1) is 39.4 Å². The van der Waals surface area contributed by atoms with Crippen LogP contribution in [0.4, 0.5) is 0 Å². The van der Waals surface area contributed by atoms with Crippen molar-refractivity contribution < 1.29 is 0 Å². The summed E-state index contributed by atoms with van der Waals surface area (Å²) in [5.41, 5.74) is -0.659. The maximum Gasteiger partial charge on any atom is 0.0806 e. The predicted octanol–water partition coefficient (Wildman–Crippen LogP) is 3.17. The first-order chi connectivity index (χ1) is 7.27. The Morgan fingerprint density at radius 1 is 1.12 bits per heavy atom.